The fourth-order valence-corrected chi connectivity index (χ4v) is 4.87. The minimum atomic E-state index is -4.68. The molecule has 2 aromatic carbocycles. The molecule has 0 aromatic heterocycles. The van der Waals surface area contributed by atoms with Crippen molar-refractivity contribution in [2.45, 2.75) is 25.2 Å². The second-order valence-electron chi connectivity index (χ2n) is 8.08. The lowest BCUT2D eigenvalue weighted by Crippen LogP contribution is -2.60. The highest BCUT2D eigenvalue weighted by Crippen LogP contribution is 2.40. The number of hydrazine groups is 1. The number of aliphatic hydroxyl groups is 1. The molecule has 35 heavy (non-hydrogen) atoms. The third-order valence-corrected chi connectivity index (χ3v) is 7.40. The van der Waals surface area contributed by atoms with Crippen LogP contribution in [0.3, 0.4) is 0 Å². The quantitative estimate of drug-likeness (QED) is 0.262. The van der Waals surface area contributed by atoms with Crippen LogP contribution >= 0.6 is 31.9 Å². The zero-order valence-corrected chi connectivity index (χ0v) is 21.1. The van der Waals surface area contributed by atoms with Crippen LogP contribution in [-0.2, 0) is 22.3 Å². The smallest absolute Gasteiger partial charge is 0.417 e. The van der Waals surface area contributed by atoms with E-state index in [0.717, 1.165) is 12.1 Å². The van der Waals surface area contributed by atoms with Crippen LogP contribution in [0.5, 0.6) is 0 Å². The molecule has 0 spiro atoms. The number of aliphatic hydroxyl groups excluding tert-OH is 1. The molecule has 6 nitrogen and oxygen atoms in total. The van der Waals surface area contributed by atoms with Crippen molar-refractivity contribution in [1.29, 1.82) is 0 Å². The molecule has 0 bridgehead atoms. The van der Waals surface area contributed by atoms with Crippen LogP contribution in [0.1, 0.15) is 18.1 Å². The average Bonchev–Trinajstić information content (AvgIpc) is 3.18. The number of halogens is 6. The molecule has 2 aliphatic rings. The molecule has 0 saturated heterocycles. The third-order valence-electron chi connectivity index (χ3n) is 5.82. The normalized spacial score (nSPS) is 20.4. The predicted molar refractivity (Wildman–Crippen MR) is 126 cm³/mol. The lowest BCUT2D eigenvalue weighted by Gasteiger charge is -2.46. The summed E-state index contributed by atoms with van der Waals surface area (Å²) >= 11 is 5.99. The Bertz CT molecular complexity index is 1300. The number of amides is 2. The fraction of sp³-hybridized carbons (Fsp3) is 0.217. The monoisotopic (exact) mass is 617 g/mol. The van der Waals surface area contributed by atoms with Crippen molar-refractivity contribution < 1.29 is 32.3 Å². The zero-order valence-electron chi connectivity index (χ0n) is 18.0. The number of carbonyl (C=O) groups is 2. The first-order valence-electron chi connectivity index (χ1n) is 10.2. The Kier molecular flexibility index (Phi) is 6.58. The highest BCUT2D eigenvalue weighted by Gasteiger charge is 2.50. The molecule has 0 radical (unpaired) electrons. The molecule has 1 unspecified atom stereocenters. The number of hydrogen-bond acceptors (Lipinski definition) is 4. The molecule has 2 heterocycles. The first-order chi connectivity index (χ1) is 16.3. The Morgan fingerprint density at radius 1 is 1.23 bits per heavy atom. The van der Waals surface area contributed by atoms with Gasteiger partial charge in [-0.2, -0.15) is 18.2 Å². The van der Waals surface area contributed by atoms with Crippen LogP contribution in [0, 0.1) is 5.82 Å². The summed E-state index contributed by atoms with van der Waals surface area (Å²) in [5.41, 5.74) is -2.71. The summed E-state index contributed by atoms with van der Waals surface area (Å²) in [6, 6.07) is 7.38. The first-order valence-corrected chi connectivity index (χ1v) is 11.7. The lowest BCUT2D eigenvalue weighted by molar-refractivity contribution is -0.158. The van der Waals surface area contributed by atoms with Crippen LogP contribution in [0.4, 0.5) is 23.2 Å². The number of alkyl halides is 3. The fourth-order valence-electron chi connectivity index (χ4n) is 4.01. The molecule has 0 saturated carbocycles. The van der Waals surface area contributed by atoms with E-state index < -0.39 is 46.2 Å². The van der Waals surface area contributed by atoms with Crippen molar-refractivity contribution in [3.8, 4) is 0 Å². The molecule has 2 N–H and O–H groups in total. The van der Waals surface area contributed by atoms with E-state index in [1.807, 2.05) is 0 Å². The van der Waals surface area contributed by atoms with Gasteiger partial charge in [0, 0.05) is 16.7 Å². The first kappa shape index (κ1) is 25.4. The number of anilines is 1. The summed E-state index contributed by atoms with van der Waals surface area (Å²) in [5, 5.41) is 16.0. The summed E-state index contributed by atoms with van der Waals surface area (Å²) in [6.07, 6.45) is -1.38. The maximum atomic E-state index is 14.1. The van der Waals surface area contributed by atoms with E-state index in [0.29, 0.717) is 5.56 Å². The molecular formula is C23H17Br2F4N3O3. The number of hydrogen-bond donors (Lipinski definition) is 2. The van der Waals surface area contributed by atoms with Gasteiger partial charge in [-0.3, -0.25) is 14.6 Å². The van der Waals surface area contributed by atoms with Crippen LogP contribution < -0.4 is 5.32 Å². The van der Waals surface area contributed by atoms with Gasteiger partial charge in [0.25, 0.3) is 11.8 Å². The van der Waals surface area contributed by atoms with Gasteiger partial charge in [-0.05, 0) is 52.7 Å². The van der Waals surface area contributed by atoms with E-state index in [1.165, 1.54) is 28.2 Å². The molecule has 184 valence electrons. The predicted octanol–water partition coefficient (Wildman–Crippen LogP) is 5.71. The second kappa shape index (κ2) is 9.07. The highest BCUT2D eigenvalue weighted by molar-refractivity contribution is 9.10. The maximum absolute atomic E-state index is 14.1. The van der Waals surface area contributed by atoms with Crippen molar-refractivity contribution in [2.24, 2.45) is 0 Å². The molecule has 0 aliphatic carbocycles. The van der Waals surface area contributed by atoms with Gasteiger partial charge in [0.1, 0.15) is 22.7 Å². The van der Waals surface area contributed by atoms with Crippen molar-refractivity contribution >= 4 is 49.4 Å². The Labute approximate surface area is 214 Å². The second-order valence-corrected chi connectivity index (χ2v) is 9.73. The molecule has 1 atom stereocenters. The largest absolute Gasteiger partial charge is 0.509 e. The third kappa shape index (κ3) is 4.50. The van der Waals surface area contributed by atoms with Crippen LogP contribution in [0.15, 0.2) is 68.8 Å². The molecule has 12 heteroatoms. The molecule has 0 fully saturated rings. The number of rotatable bonds is 4. The summed E-state index contributed by atoms with van der Waals surface area (Å²) in [7, 11) is 0. The van der Waals surface area contributed by atoms with Crippen molar-refractivity contribution in [2.75, 3.05) is 11.9 Å². The minimum absolute atomic E-state index is 0.130. The topological polar surface area (TPSA) is 72.9 Å². The van der Waals surface area contributed by atoms with Gasteiger partial charge in [-0.15, -0.1) is 0 Å². The van der Waals surface area contributed by atoms with Crippen LogP contribution in [0.2, 0.25) is 0 Å². The molecular weight excluding hydrogens is 602 g/mol. The van der Waals surface area contributed by atoms with Gasteiger partial charge >= 0.3 is 6.18 Å². The van der Waals surface area contributed by atoms with Gasteiger partial charge in [0.05, 0.1) is 16.6 Å². The van der Waals surface area contributed by atoms with E-state index in [4.69, 9.17) is 0 Å². The zero-order chi connectivity index (χ0) is 25.7. The molecule has 2 aromatic rings. The summed E-state index contributed by atoms with van der Waals surface area (Å²) < 4.78 is 53.8. The highest BCUT2D eigenvalue weighted by atomic mass is 79.9. The van der Waals surface area contributed by atoms with E-state index in [9.17, 15) is 32.3 Å². The van der Waals surface area contributed by atoms with Gasteiger partial charge in [0.2, 0.25) is 0 Å². The standard InChI is InChI=1S/C23H17Br2F4N3O3/c1-22-8-3-9-32(22)31(11-12-4-2-5-16(26)18(12)25)21(35)17(19(22)33)20(34)30-13-6-7-15(24)14(10-13)23(27,28)29/h2-8,10,33H,9,11H2,1H3,(H,30,34). The Balaban J connectivity index is 1.71. The number of fused-ring (bicyclic) bond motifs is 1. The van der Waals surface area contributed by atoms with E-state index >= 15 is 0 Å². The summed E-state index contributed by atoms with van der Waals surface area (Å²) in [4.78, 5) is 26.5. The van der Waals surface area contributed by atoms with Gasteiger partial charge in [-0.1, -0.05) is 40.2 Å². The molecule has 2 aliphatic heterocycles. The Morgan fingerprint density at radius 2 is 1.94 bits per heavy atom. The average molecular weight is 619 g/mol. The maximum Gasteiger partial charge on any atom is 0.417 e. The van der Waals surface area contributed by atoms with Gasteiger partial charge in [0.15, 0.2) is 0 Å². The molecule has 4 rings (SSSR count). The van der Waals surface area contributed by atoms with Crippen LogP contribution in [0.25, 0.3) is 0 Å². The number of carbonyl (C=O) groups excluding carboxylic acids is 2. The van der Waals surface area contributed by atoms with Crippen LogP contribution in [-0.4, -0.2) is 39.0 Å². The Hall–Kier alpha value is -2.70. The van der Waals surface area contributed by atoms with Crippen molar-refractivity contribution in [1.82, 2.24) is 10.0 Å². The van der Waals surface area contributed by atoms with Crippen molar-refractivity contribution in [3.05, 3.63) is 85.8 Å². The van der Waals surface area contributed by atoms with E-state index in [-0.39, 0.29) is 27.7 Å². The summed E-state index contributed by atoms with van der Waals surface area (Å²) in [6.45, 7) is 1.69. The summed E-state index contributed by atoms with van der Waals surface area (Å²) in [5.74, 6) is -3.05. The SMILES string of the molecule is CC12C=CCN1N(Cc1cccc(F)c1Br)C(=O)C(C(=O)Nc1ccc(Br)c(C(F)(F)F)c1)=C2O. The van der Waals surface area contributed by atoms with Gasteiger partial charge < -0.3 is 10.4 Å². The van der Waals surface area contributed by atoms with Crippen molar-refractivity contribution in [3.63, 3.8) is 0 Å². The molecule has 2 amide bonds. The Morgan fingerprint density at radius 3 is 2.63 bits per heavy atom. The van der Waals surface area contributed by atoms with E-state index in [1.54, 1.807) is 25.1 Å². The van der Waals surface area contributed by atoms with E-state index in [2.05, 4.69) is 37.2 Å². The number of nitrogens with zero attached hydrogens (tertiary/aromatic N) is 2. The number of benzene rings is 2. The van der Waals surface area contributed by atoms with Gasteiger partial charge in [-0.25, -0.2) is 4.39 Å². The lowest BCUT2D eigenvalue weighted by atomic mass is 9.92. The minimum Gasteiger partial charge on any atom is -0.509 e. The number of nitrogens with one attached hydrogen (secondary N) is 1.